The SMILES string of the molecule is CCOc1cc([C@H]2/C(=C(\O)c3ccc4c(c3)OCCO4)C(=O)C(=O)N2CCc2ccccc2)ccc1OCCC(C)C. The first-order chi connectivity index (χ1) is 20.4. The second kappa shape index (κ2) is 13.0. The molecule has 0 saturated carbocycles. The number of benzene rings is 3. The number of rotatable bonds is 11. The van der Waals surface area contributed by atoms with Crippen LogP contribution in [0.3, 0.4) is 0 Å². The highest BCUT2D eigenvalue weighted by Crippen LogP contribution is 2.43. The predicted octanol–water partition coefficient (Wildman–Crippen LogP) is 5.95. The van der Waals surface area contributed by atoms with Crippen LogP contribution in [0.1, 0.15) is 49.9 Å². The number of aliphatic hydroxyl groups excluding tert-OH is 1. The van der Waals surface area contributed by atoms with Gasteiger partial charge < -0.3 is 29.0 Å². The van der Waals surface area contributed by atoms with Crippen LogP contribution >= 0.6 is 0 Å². The van der Waals surface area contributed by atoms with Gasteiger partial charge in [0.1, 0.15) is 19.0 Å². The number of nitrogens with zero attached hydrogens (tertiary/aromatic N) is 1. The molecule has 0 unspecified atom stereocenters. The Kier molecular flexibility index (Phi) is 9.00. The summed E-state index contributed by atoms with van der Waals surface area (Å²) in [5.41, 5.74) is 2.06. The predicted molar refractivity (Wildman–Crippen MR) is 159 cm³/mol. The minimum absolute atomic E-state index is 0.0145. The van der Waals surface area contributed by atoms with Crippen LogP contribution < -0.4 is 18.9 Å². The van der Waals surface area contributed by atoms with Crippen molar-refractivity contribution in [1.82, 2.24) is 4.90 Å². The zero-order valence-electron chi connectivity index (χ0n) is 24.3. The summed E-state index contributed by atoms with van der Waals surface area (Å²) in [4.78, 5) is 28.6. The van der Waals surface area contributed by atoms with Crippen LogP contribution in [0.15, 0.2) is 72.3 Å². The monoisotopic (exact) mass is 571 g/mol. The first-order valence-corrected chi connectivity index (χ1v) is 14.5. The summed E-state index contributed by atoms with van der Waals surface area (Å²) in [7, 11) is 0. The topological polar surface area (TPSA) is 94.5 Å². The van der Waals surface area contributed by atoms with Crippen LogP contribution in [0.4, 0.5) is 0 Å². The molecule has 8 heteroatoms. The number of fused-ring (bicyclic) bond motifs is 1. The van der Waals surface area contributed by atoms with E-state index < -0.39 is 17.7 Å². The maximum absolute atomic E-state index is 13.6. The quantitative estimate of drug-likeness (QED) is 0.173. The number of carbonyl (C=O) groups excluding carboxylic acids is 2. The van der Waals surface area contributed by atoms with E-state index in [0.717, 1.165) is 12.0 Å². The molecule has 2 aliphatic rings. The van der Waals surface area contributed by atoms with E-state index in [2.05, 4.69) is 13.8 Å². The molecule has 0 aromatic heterocycles. The van der Waals surface area contributed by atoms with Crippen molar-refractivity contribution < 1.29 is 33.6 Å². The minimum atomic E-state index is -0.828. The number of amides is 1. The highest BCUT2D eigenvalue weighted by Gasteiger charge is 2.46. The van der Waals surface area contributed by atoms with Gasteiger partial charge in [-0.2, -0.15) is 0 Å². The van der Waals surface area contributed by atoms with Crippen LogP contribution in [0.2, 0.25) is 0 Å². The third-order valence-corrected chi connectivity index (χ3v) is 7.38. The van der Waals surface area contributed by atoms with Crippen molar-refractivity contribution in [3.05, 3.63) is 89.0 Å². The Balaban J connectivity index is 1.57. The summed E-state index contributed by atoms with van der Waals surface area (Å²) < 4.78 is 23.3. The van der Waals surface area contributed by atoms with Crippen LogP contribution in [0.5, 0.6) is 23.0 Å². The maximum atomic E-state index is 13.6. The molecule has 220 valence electrons. The van der Waals surface area contributed by atoms with Crippen molar-refractivity contribution in [2.24, 2.45) is 5.92 Å². The largest absolute Gasteiger partial charge is 0.507 e. The number of hydrogen-bond acceptors (Lipinski definition) is 7. The molecule has 3 aromatic rings. The molecule has 1 saturated heterocycles. The number of Topliss-reactive ketones (excluding diaryl/α,β-unsaturated/α-hetero) is 1. The minimum Gasteiger partial charge on any atom is -0.507 e. The molecule has 2 heterocycles. The standard InChI is InChI=1S/C34H37NO7/c1-4-39-28-20-24(10-12-26(28)40-17-15-22(2)3)31-30(32(36)25-11-13-27-29(21-25)42-19-18-41-27)33(37)34(38)35(31)16-14-23-8-6-5-7-9-23/h5-13,20-22,31,36H,4,14-19H2,1-3H3/b32-30+/t31-/m0/s1. The lowest BCUT2D eigenvalue weighted by atomic mass is 9.94. The Morgan fingerprint density at radius 2 is 1.71 bits per heavy atom. The fraction of sp³-hybridized carbons (Fsp3) is 0.353. The first kappa shape index (κ1) is 29.0. The van der Waals surface area contributed by atoms with Gasteiger partial charge in [-0.1, -0.05) is 50.2 Å². The van der Waals surface area contributed by atoms with E-state index in [-0.39, 0.29) is 17.9 Å². The Bertz CT molecular complexity index is 1460. The van der Waals surface area contributed by atoms with Gasteiger partial charge in [-0.25, -0.2) is 0 Å². The van der Waals surface area contributed by atoms with Crippen LogP contribution in [-0.4, -0.2) is 54.7 Å². The molecule has 0 spiro atoms. The van der Waals surface area contributed by atoms with Gasteiger partial charge in [0.15, 0.2) is 23.0 Å². The lowest BCUT2D eigenvalue weighted by Crippen LogP contribution is -2.31. The van der Waals surface area contributed by atoms with Gasteiger partial charge in [-0.3, -0.25) is 9.59 Å². The lowest BCUT2D eigenvalue weighted by molar-refractivity contribution is -0.139. The van der Waals surface area contributed by atoms with Crippen molar-refractivity contribution in [1.29, 1.82) is 0 Å². The lowest BCUT2D eigenvalue weighted by Gasteiger charge is -2.26. The Hall–Kier alpha value is -4.46. The van der Waals surface area contributed by atoms with E-state index in [9.17, 15) is 14.7 Å². The molecular formula is C34H37NO7. The number of likely N-dealkylation sites (tertiary alicyclic amines) is 1. The van der Waals surface area contributed by atoms with Crippen molar-refractivity contribution in [3.63, 3.8) is 0 Å². The van der Waals surface area contributed by atoms with Gasteiger partial charge in [0.05, 0.1) is 24.8 Å². The summed E-state index contributed by atoms with van der Waals surface area (Å²) in [6.07, 6.45) is 1.44. The second-order valence-electron chi connectivity index (χ2n) is 10.8. The van der Waals surface area contributed by atoms with Gasteiger partial charge >= 0.3 is 0 Å². The Morgan fingerprint density at radius 3 is 2.45 bits per heavy atom. The molecule has 1 amide bonds. The molecule has 0 aliphatic carbocycles. The smallest absolute Gasteiger partial charge is 0.295 e. The summed E-state index contributed by atoms with van der Waals surface area (Å²) >= 11 is 0. The normalized spacial score (nSPS) is 17.5. The summed E-state index contributed by atoms with van der Waals surface area (Å²) in [6.45, 7) is 8.21. The number of carbonyl (C=O) groups is 2. The third kappa shape index (κ3) is 6.22. The average Bonchev–Trinajstić information content (AvgIpc) is 3.25. The number of hydrogen-bond donors (Lipinski definition) is 1. The zero-order valence-corrected chi connectivity index (χ0v) is 24.3. The number of aliphatic hydroxyl groups is 1. The van der Waals surface area contributed by atoms with Crippen LogP contribution in [0.25, 0.3) is 5.76 Å². The molecule has 0 bridgehead atoms. The van der Waals surface area contributed by atoms with Crippen molar-refractivity contribution in [2.45, 2.75) is 39.7 Å². The van der Waals surface area contributed by atoms with Gasteiger partial charge in [0, 0.05) is 12.1 Å². The van der Waals surface area contributed by atoms with Gasteiger partial charge in [0.25, 0.3) is 11.7 Å². The molecular weight excluding hydrogens is 534 g/mol. The first-order valence-electron chi connectivity index (χ1n) is 14.5. The van der Waals surface area contributed by atoms with Crippen molar-refractivity contribution >= 4 is 17.4 Å². The maximum Gasteiger partial charge on any atom is 0.295 e. The Morgan fingerprint density at radius 1 is 0.952 bits per heavy atom. The Labute approximate surface area is 246 Å². The highest BCUT2D eigenvalue weighted by atomic mass is 16.6. The average molecular weight is 572 g/mol. The van der Waals surface area contributed by atoms with Crippen LogP contribution in [-0.2, 0) is 16.0 Å². The molecule has 1 atom stereocenters. The van der Waals surface area contributed by atoms with Gasteiger partial charge in [-0.15, -0.1) is 0 Å². The molecule has 42 heavy (non-hydrogen) atoms. The van der Waals surface area contributed by atoms with Gasteiger partial charge in [0.2, 0.25) is 0 Å². The van der Waals surface area contributed by atoms with E-state index >= 15 is 0 Å². The van der Waals surface area contributed by atoms with E-state index in [1.165, 1.54) is 4.90 Å². The molecule has 8 nitrogen and oxygen atoms in total. The zero-order chi connectivity index (χ0) is 29.6. The second-order valence-corrected chi connectivity index (χ2v) is 10.8. The van der Waals surface area contributed by atoms with E-state index in [4.69, 9.17) is 18.9 Å². The van der Waals surface area contributed by atoms with E-state index in [1.807, 2.05) is 49.4 Å². The fourth-order valence-electron chi connectivity index (χ4n) is 5.18. The molecule has 5 rings (SSSR count). The van der Waals surface area contributed by atoms with E-state index in [0.29, 0.717) is 72.9 Å². The summed E-state index contributed by atoms with van der Waals surface area (Å²) in [5.74, 6) is 0.966. The molecule has 2 aliphatic heterocycles. The molecule has 0 radical (unpaired) electrons. The molecule has 3 aromatic carbocycles. The fourth-order valence-corrected chi connectivity index (χ4v) is 5.18. The number of ketones is 1. The number of ether oxygens (including phenoxy) is 4. The van der Waals surface area contributed by atoms with E-state index in [1.54, 1.807) is 24.3 Å². The third-order valence-electron chi connectivity index (χ3n) is 7.38. The van der Waals surface area contributed by atoms with Gasteiger partial charge in [-0.05, 0) is 67.1 Å². The van der Waals surface area contributed by atoms with Crippen molar-refractivity contribution in [2.75, 3.05) is 33.0 Å². The molecule has 1 fully saturated rings. The summed E-state index contributed by atoms with van der Waals surface area (Å²) in [6, 6.07) is 19.4. The van der Waals surface area contributed by atoms with Crippen LogP contribution in [0, 0.1) is 5.92 Å². The molecule has 1 N–H and O–H groups in total. The van der Waals surface area contributed by atoms with Crippen molar-refractivity contribution in [3.8, 4) is 23.0 Å². The summed E-state index contributed by atoms with van der Waals surface area (Å²) in [5, 5.41) is 11.6. The highest BCUT2D eigenvalue weighted by molar-refractivity contribution is 6.46.